The minimum atomic E-state index is -0.700. The molecule has 1 aromatic carbocycles. The van der Waals surface area contributed by atoms with Crippen LogP contribution >= 0.6 is 0 Å². The van der Waals surface area contributed by atoms with E-state index in [9.17, 15) is 9.59 Å². The summed E-state index contributed by atoms with van der Waals surface area (Å²) in [6.07, 6.45) is 6.61. The van der Waals surface area contributed by atoms with Crippen molar-refractivity contribution >= 4 is 29.2 Å². The number of amides is 1. The first-order chi connectivity index (χ1) is 18.8. The molecule has 39 heavy (non-hydrogen) atoms. The molecular formula is C29H37N7O3. The third-order valence-corrected chi connectivity index (χ3v) is 7.77. The fraction of sp³-hybridized carbons (Fsp3) is 0.483. The van der Waals surface area contributed by atoms with Crippen molar-refractivity contribution in [3.63, 3.8) is 0 Å². The summed E-state index contributed by atoms with van der Waals surface area (Å²) in [5, 5.41) is 11.5. The van der Waals surface area contributed by atoms with Gasteiger partial charge in [-0.15, -0.1) is 0 Å². The molecule has 2 aromatic heterocycles. The fourth-order valence-electron chi connectivity index (χ4n) is 5.15. The molecule has 0 radical (unpaired) electrons. The van der Waals surface area contributed by atoms with Gasteiger partial charge in [0.05, 0.1) is 6.20 Å². The quantitative estimate of drug-likeness (QED) is 0.360. The Morgan fingerprint density at radius 1 is 1.23 bits per heavy atom. The molecule has 1 amide bonds. The van der Waals surface area contributed by atoms with Crippen molar-refractivity contribution in [3.05, 3.63) is 59.8 Å². The maximum absolute atomic E-state index is 13.2. The highest BCUT2D eigenvalue weighted by Gasteiger charge is 2.53. The van der Waals surface area contributed by atoms with Gasteiger partial charge >= 0.3 is 0 Å². The predicted molar refractivity (Wildman–Crippen MR) is 150 cm³/mol. The van der Waals surface area contributed by atoms with Gasteiger partial charge in [0, 0.05) is 44.8 Å². The Kier molecular flexibility index (Phi) is 7.65. The molecule has 0 atom stereocenters. The first kappa shape index (κ1) is 26.8. The number of aromatic nitrogens is 4. The smallest absolute Gasteiger partial charge is 0.246 e. The van der Waals surface area contributed by atoms with Crippen LogP contribution in [-0.4, -0.2) is 68.0 Å². The molecule has 2 aliphatic rings. The minimum absolute atomic E-state index is 0.0596. The summed E-state index contributed by atoms with van der Waals surface area (Å²) in [4.78, 5) is 36.4. The maximum atomic E-state index is 13.2. The van der Waals surface area contributed by atoms with Gasteiger partial charge in [0.1, 0.15) is 5.54 Å². The van der Waals surface area contributed by atoms with Crippen LogP contribution in [0, 0.1) is 0 Å². The summed E-state index contributed by atoms with van der Waals surface area (Å²) in [5.74, 6) is 1.28. The largest absolute Gasteiger partial charge is 0.381 e. The number of carbonyl (C=O) groups excluding carboxylic acids is 2. The molecule has 10 heteroatoms. The number of ketones is 1. The first-order valence-electron chi connectivity index (χ1n) is 13.7. The van der Waals surface area contributed by atoms with Gasteiger partial charge in [0.25, 0.3) is 0 Å². The van der Waals surface area contributed by atoms with Crippen LogP contribution < -0.4 is 10.6 Å². The third kappa shape index (κ3) is 5.66. The molecule has 5 rings (SSSR count). The summed E-state index contributed by atoms with van der Waals surface area (Å²) in [5.41, 5.74) is 3.08. The van der Waals surface area contributed by atoms with Gasteiger partial charge in [-0.3, -0.25) is 9.59 Å². The molecule has 1 saturated carbocycles. The van der Waals surface area contributed by atoms with E-state index in [4.69, 9.17) is 14.7 Å². The Balaban J connectivity index is 1.32. The monoisotopic (exact) mass is 531 g/mol. The van der Waals surface area contributed by atoms with Crippen LogP contribution in [0.15, 0.2) is 43.1 Å². The fourth-order valence-corrected chi connectivity index (χ4v) is 5.15. The van der Waals surface area contributed by atoms with Crippen molar-refractivity contribution in [1.29, 1.82) is 0 Å². The number of Topliss-reactive ketones (excluding diaryl/α,β-unsaturated/α-hetero) is 1. The Morgan fingerprint density at radius 3 is 2.67 bits per heavy atom. The number of nitrogens with zero attached hydrogens (tertiary/aromatic N) is 5. The Labute approximate surface area is 228 Å². The number of hydrogen-bond donors (Lipinski definition) is 2. The zero-order valence-corrected chi connectivity index (χ0v) is 22.9. The van der Waals surface area contributed by atoms with Gasteiger partial charge < -0.3 is 20.3 Å². The molecule has 1 saturated heterocycles. The molecule has 1 aliphatic heterocycles. The molecule has 10 nitrogen and oxygen atoms in total. The Bertz CT molecular complexity index is 1370. The maximum Gasteiger partial charge on any atom is 0.246 e. The van der Waals surface area contributed by atoms with E-state index in [1.54, 1.807) is 11.6 Å². The lowest BCUT2D eigenvalue weighted by atomic mass is 9.99. The van der Waals surface area contributed by atoms with Crippen molar-refractivity contribution in [3.8, 4) is 0 Å². The van der Waals surface area contributed by atoms with Gasteiger partial charge in [-0.05, 0) is 48.8 Å². The summed E-state index contributed by atoms with van der Waals surface area (Å²) < 4.78 is 7.24. The summed E-state index contributed by atoms with van der Waals surface area (Å²) >= 11 is 0. The summed E-state index contributed by atoms with van der Waals surface area (Å²) in [6, 6.07) is 8.22. The number of anilines is 2. The van der Waals surface area contributed by atoms with E-state index < -0.39 is 5.54 Å². The van der Waals surface area contributed by atoms with Gasteiger partial charge in [-0.1, -0.05) is 44.7 Å². The predicted octanol–water partition coefficient (Wildman–Crippen LogP) is 3.74. The highest BCUT2D eigenvalue weighted by molar-refractivity contribution is 5.99. The molecular weight excluding hydrogens is 494 g/mol. The molecule has 2 fully saturated rings. The van der Waals surface area contributed by atoms with E-state index in [0.29, 0.717) is 31.3 Å². The first-order valence-corrected chi connectivity index (χ1v) is 13.7. The highest BCUT2D eigenvalue weighted by atomic mass is 16.5. The van der Waals surface area contributed by atoms with Crippen molar-refractivity contribution in [1.82, 2.24) is 24.5 Å². The number of hydrogen-bond acceptors (Lipinski definition) is 8. The number of benzene rings is 1. The molecule has 0 spiro atoms. The van der Waals surface area contributed by atoms with Crippen molar-refractivity contribution in [2.75, 3.05) is 30.9 Å². The lowest BCUT2D eigenvalue weighted by Gasteiger charge is -2.26. The van der Waals surface area contributed by atoms with Crippen LogP contribution in [0.5, 0.6) is 0 Å². The molecule has 206 valence electrons. The zero-order valence-electron chi connectivity index (χ0n) is 22.9. The van der Waals surface area contributed by atoms with Crippen LogP contribution in [0.4, 0.5) is 11.9 Å². The topological polar surface area (TPSA) is 114 Å². The van der Waals surface area contributed by atoms with E-state index in [1.165, 1.54) is 11.0 Å². The summed E-state index contributed by atoms with van der Waals surface area (Å²) in [7, 11) is 1.68. The molecule has 1 aliphatic carbocycles. The number of fused-ring (bicyclic) bond motifs is 1. The van der Waals surface area contributed by atoms with Gasteiger partial charge in [0.2, 0.25) is 17.8 Å². The molecule has 3 heterocycles. The molecule has 0 bridgehead atoms. The van der Waals surface area contributed by atoms with Gasteiger partial charge in [0.15, 0.2) is 11.4 Å². The summed E-state index contributed by atoms with van der Waals surface area (Å²) in [6.45, 7) is 9.77. The average Bonchev–Trinajstić information content (AvgIpc) is 3.64. The van der Waals surface area contributed by atoms with Crippen molar-refractivity contribution < 1.29 is 14.3 Å². The molecule has 2 N–H and O–H groups in total. The van der Waals surface area contributed by atoms with E-state index in [1.807, 2.05) is 30.5 Å². The second-order valence-electron chi connectivity index (χ2n) is 10.8. The third-order valence-electron chi connectivity index (χ3n) is 7.77. The van der Waals surface area contributed by atoms with Gasteiger partial charge in [-0.2, -0.15) is 19.6 Å². The second kappa shape index (κ2) is 11.1. The molecule has 0 unspecified atom stereocenters. The van der Waals surface area contributed by atoms with E-state index >= 15 is 0 Å². The Morgan fingerprint density at radius 2 is 1.97 bits per heavy atom. The number of likely N-dealkylation sites (N-methyl/N-ethyl adjacent to an activating group) is 1. The van der Waals surface area contributed by atoms with Crippen molar-refractivity contribution in [2.45, 2.75) is 70.0 Å². The number of rotatable bonds is 11. The zero-order chi connectivity index (χ0) is 27.6. The lowest BCUT2D eigenvalue weighted by molar-refractivity contribution is -0.135. The van der Waals surface area contributed by atoms with Crippen LogP contribution in [0.2, 0.25) is 0 Å². The van der Waals surface area contributed by atoms with Crippen LogP contribution in [0.3, 0.4) is 0 Å². The van der Waals surface area contributed by atoms with Crippen LogP contribution in [0.25, 0.3) is 5.65 Å². The standard InChI is InChI=1S/C29H37N7O3/c1-5-25(38)35(4)29(11-12-29)24(37)16-20-7-6-8-21(15-20)17-30-28-34-27(32-22-9-13-39-14-10-22)33-26-23(19(2)3)18-31-36(26)28/h5-8,15,18-19,22H,1,9-14,16-17H2,2-4H3,(H2,30,32,33,34). The SMILES string of the molecule is C=CC(=O)N(C)C1(C(=O)Cc2cccc(CNc3nc(NC4CCOCC4)nc4c(C(C)C)cnn34)c2)CC1. The van der Waals surface area contributed by atoms with Gasteiger partial charge in [-0.25, -0.2) is 0 Å². The molecule has 3 aromatic rings. The normalized spacial score (nSPS) is 16.7. The van der Waals surface area contributed by atoms with E-state index in [2.05, 4.69) is 36.2 Å². The number of carbonyl (C=O) groups is 2. The van der Waals surface area contributed by atoms with E-state index in [0.717, 1.165) is 48.4 Å². The number of nitrogens with one attached hydrogen (secondary N) is 2. The van der Waals surface area contributed by atoms with Crippen LogP contribution in [0.1, 0.15) is 62.1 Å². The number of ether oxygens (including phenoxy) is 1. The Hall–Kier alpha value is -3.79. The minimum Gasteiger partial charge on any atom is -0.381 e. The highest BCUT2D eigenvalue weighted by Crippen LogP contribution is 2.42. The van der Waals surface area contributed by atoms with Crippen LogP contribution in [-0.2, 0) is 27.3 Å². The average molecular weight is 532 g/mol. The second-order valence-corrected chi connectivity index (χ2v) is 10.8. The lowest BCUT2D eigenvalue weighted by Crippen LogP contribution is -2.44. The van der Waals surface area contributed by atoms with E-state index in [-0.39, 0.29) is 30.1 Å². The van der Waals surface area contributed by atoms with Crippen molar-refractivity contribution in [2.24, 2.45) is 0 Å².